The lowest BCUT2D eigenvalue weighted by Gasteiger charge is -2.45. The molecule has 2 saturated heterocycles. The summed E-state index contributed by atoms with van der Waals surface area (Å²) < 4.78 is -0.655. The minimum atomic E-state index is -1.39. The van der Waals surface area contributed by atoms with E-state index in [2.05, 4.69) is 0 Å². The molecular formula is C15H17NO5S2. The molecule has 2 aliphatic heterocycles. The number of thioether (sulfide) groups is 1. The largest absolute Gasteiger partial charge is 0.480 e. The molecule has 23 heavy (non-hydrogen) atoms. The van der Waals surface area contributed by atoms with Gasteiger partial charge in [-0.05, 0) is 25.3 Å². The van der Waals surface area contributed by atoms with Gasteiger partial charge in [-0.2, -0.15) is 0 Å². The summed E-state index contributed by atoms with van der Waals surface area (Å²) in [6.45, 7) is 3.53. The van der Waals surface area contributed by atoms with Gasteiger partial charge in [0.1, 0.15) is 18.1 Å². The van der Waals surface area contributed by atoms with Crippen molar-refractivity contribution in [3.8, 4) is 0 Å². The minimum absolute atomic E-state index is 0.0890. The first-order valence-corrected chi connectivity index (χ1v) is 8.96. The van der Waals surface area contributed by atoms with Gasteiger partial charge in [-0.15, -0.1) is 23.1 Å². The maximum Gasteiger partial charge on any atom is 0.327 e. The number of carbonyl (C=O) groups excluding carboxylic acids is 2. The second-order valence-corrected chi connectivity index (χ2v) is 9.09. The van der Waals surface area contributed by atoms with Crippen LogP contribution in [0.15, 0.2) is 17.5 Å². The smallest absolute Gasteiger partial charge is 0.327 e. The fraction of sp³-hybridized carbons (Fsp3) is 0.533. The molecule has 3 rings (SSSR count). The summed E-state index contributed by atoms with van der Waals surface area (Å²) in [5.74, 6) is -2.76. The normalized spacial score (nSPS) is 29.8. The Morgan fingerprint density at radius 2 is 2.13 bits per heavy atom. The Kier molecular flexibility index (Phi) is 4.02. The molecule has 0 aromatic carbocycles. The molecule has 0 spiro atoms. The van der Waals surface area contributed by atoms with Gasteiger partial charge in [-0.1, -0.05) is 6.07 Å². The highest BCUT2D eigenvalue weighted by molar-refractivity contribution is 8.01. The third-order valence-electron chi connectivity index (χ3n) is 4.31. The summed E-state index contributed by atoms with van der Waals surface area (Å²) in [5, 5.41) is 21.0. The number of carboxylic acids is 1. The van der Waals surface area contributed by atoms with Crippen molar-refractivity contribution in [3.05, 3.63) is 22.4 Å². The predicted molar refractivity (Wildman–Crippen MR) is 86.3 cm³/mol. The summed E-state index contributed by atoms with van der Waals surface area (Å²) in [5.41, 5.74) is 0. The Bertz CT molecular complexity index is 657. The van der Waals surface area contributed by atoms with Crippen LogP contribution in [0, 0.1) is 5.92 Å². The third kappa shape index (κ3) is 2.58. The average Bonchev–Trinajstić information content (AvgIpc) is 3.03. The van der Waals surface area contributed by atoms with E-state index in [1.165, 1.54) is 28.0 Å². The Morgan fingerprint density at radius 3 is 2.70 bits per heavy atom. The number of aliphatic carboxylic acids is 1. The summed E-state index contributed by atoms with van der Waals surface area (Å²) in [6.07, 6.45) is -1.30. The van der Waals surface area contributed by atoms with Gasteiger partial charge in [-0.3, -0.25) is 9.59 Å². The van der Waals surface area contributed by atoms with E-state index in [0.717, 1.165) is 4.88 Å². The van der Waals surface area contributed by atoms with Crippen molar-refractivity contribution < 1.29 is 24.6 Å². The highest BCUT2D eigenvalue weighted by atomic mass is 32.2. The van der Waals surface area contributed by atoms with E-state index < -0.39 is 45.8 Å². The molecule has 2 N–H and O–H groups in total. The molecule has 0 radical (unpaired) electrons. The van der Waals surface area contributed by atoms with E-state index in [4.69, 9.17) is 0 Å². The molecule has 1 aromatic rings. The standard InChI is InChI=1S/C15H17NO5S2/c1-15(2)11(14(20)21)16-12(19)9(13(16)23-15)10(18)8(17)6-7-4-3-5-22-7/h3-5,9-11,13,18H,6H2,1-2H3,(H,20,21)/t9-,10-,11+,13-/m1/s1. The molecule has 0 bridgehead atoms. The molecule has 0 saturated carbocycles. The van der Waals surface area contributed by atoms with Crippen LogP contribution in [-0.4, -0.2) is 55.0 Å². The van der Waals surface area contributed by atoms with Gasteiger partial charge < -0.3 is 15.1 Å². The van der Waals surface area contributed by atoms with Crippen LogP contribution in [0.3, 0.4) is 0 Å². The zero-order valence-corrected chi connectivity index (χ0v) is 14.3. The van der Waals surface area contributed by atoms with Crippen LogP contribution in [0.5, 0.6) is 0 Å². The lowest BCUT2D eigenvalue weighted by molar-refractivity contribution is -0.170. The Morgan fingerprint density at radius 1 is 1.43 bits per heavy atom. The van der Waals surface area contributed by atoms with Crippen molar-refractivity contribution in [1.29, 1.82) is 0 Å². The topological polar surface area (TPSA) is 94.9 Å². The van der Waals surface area contributed by atoms with Crippen LogP contribution in [0.4, 0.5) is 0 Å². The van der Waals surface area contributed by atoms with Gasteiger partial charge in [-0.25, -0.2) is 4.79 Å². The van der Waals surface area contributed by atoms with Gasteiger partial charge >= 0.3 is 5.97 Å². The van der Waals surface area contributed by atoms with Gasteiger partial charge in [0.05, 0.1) is 5.37 Å². The molecule has 8 heteroatoms. The quantitative estimate of drug-likeness (QED) is 0.765. The number of nitrogens with zero attached hydrogens (tertiary/aromatic N) is 1. The number of aliphatic hydroxyl groups excluding tert-OH is 1. The van der Waals surface area contributed by atoms with Crippen LogP contribution in [-0.2, 0) is 20.8 Å². The molecule has 1 aromatic heterocycles. The Hall–Kier alpha value is -1.38. The lowest BCUT2D eigenvalue weighted by Crippen LogP contribution is -2.66. The fourth-order valence-corrected chi connectivity index (χ4v) is 5.65. The average molecular weight is 355 g/mol. The van der Waals surface area contributed by atoms with Crippen LogP contribution >= 0.6 is 23.1 Å². The summed E-state index contributed by atoms with van der Waals surface area (Å²) in [7, 11) is 0. The van der Waals surface area contributed by atoms with Gasteiger partial charge in [0.15, 0.2) is 5.78 Å². The number of hydrogen-bond donors (Lipinski definition) is 2. The van der Waals surface area contributed by atoms with E-state index in [0.29, 0.717) is 0 Å². The molecule has 0 unspecified atom stereocenters. The number of aliphatic hydroxyl groups is 1. The molecule has 1 amide bonds. The van der Waals surface area contributed by atoms with Gasteiger partial charge in [0.2, 0.25) is 5.91 Å². The fourth-order valence-electron chi connectivity index (χ4n) is 3.22. The van der Waals surface area contributed by atoms with Crippen LogP contribution in [0.2, 0.25) is 0 Å². The van der Waals surface area contributed by atoms with Crippen molar-refractivity contribution in [3.63, 3.8) is 0 Å². The maximum atomic E-state index is 12.3. The van der Waals surface area contributed by atoms with Crippen LogP contribution < -0.4 is 0 Å². The Balaban J connectivity index is 1.74. The predicted octanol–water partition coefficient (Wildman–Crippen LogP) is 0.984. The molecule has 4 atom stereocenters. The van der Waals surface area contributed by atoms with Crippen molar-refractivity contribution in [1.82, 2.24) is 4.90 Å². The van der Waals surface area contributed by atoms with Gasteiger partial charge in [0.25, 0.3) is 0 Å². The van der Waals surface area contributed by atoms with E-state index >= 15 is 0 Å². The number of rotatable bonds is 5. The summed E-state index contributed by atoms with van der Waals surface area (Å²) >= 11 is 2.75. The Labute approximate surface area is 141 Å². The van der Waals surface area contributed by atoms with E-state index in [-0.39, 0.29) is 6.42 Å². The molecule has 3 heterocycles. The number of thiophene rings is 1. The lowest BCUT2D eigenvalue weighted by atomic mass is 9.85. The highest BCUT2D eigenvalue weighted by Gasteiger charge is 2.65. The van der Waals surface area contributed by atoms with Crippen molar-refractivity contribution in [2.45, 2.75) is 42.5 Å². The zero-order valence-electron chi connectivity index (χ0n) is 12.6. The zero-order chi connectivity index (χ0) is 16.9. The summed E-state index contributed by atoms with van der Waals surface area (Å²) in [4.78, 5) is 38.1. The SMILES string of the molecule is CC1(C)S[C@@H]2[C@H]([C@H](O)C(=O)Cc3cccs3)C(=O)N2[C@H]1C(=O)O. The second-order valence-electron chi connectivity index (χ2n) is 6.29. The monoisotopic (exact) mass is 355 g/mol. The number of Topliss-reactive ketones (excluding diaryl/α,β-unsaturated/α-hetero) is 1. The molecule has 0 aliphatic carbocycles. The molecule has 6 nitrogen and oxygen atoms in total. The number of amides is 1. The van der Waals surface area contributed by atoms with Crippen molar-refractivity contribution in [2.75, 3.05) is 0 Å². The van der Waals surface area contributed by atoms with E-state index in [1.54, 1.807) is 19.9 Å². The van der Waals surface area contributed by atoms with Crippen LogP contribution in [0.1, 0.15) is 18.7 Å². The number of carbonyl (C=O) groups is 3. The molecular weight excluding hydrogens is 338 g/mol. The van der Waals surface area contributed by atoms with Crippen molar-refractivity contribution in [2.24, 2.45) is 5.92 Å². The maximum absolute atomic E-state index is 12.3. The number of carboxylic acid groups (broad SMARTS) is 1. The molecule has 2 aliphatic rings. The minimum Gasteiger partial charge on any atom is -0.480 e. The van der Waals surface area contributed by atoms with E-state index in [9.17, 15) is 24.6 Å². The third-order valence-corrected chi connectivity index (χ3v) is 6.78. The number of fused-ring (bicyclic) bond motifs is 1. The molecule has 2 fully saturated rings. The molecule has 124 valence electrons. The highest BCUT2D eigenvalue weighted by Crippen LogP contribution is 2.54. The van der Waals surface area contributed by atoms with Gasteiger partial charge in [0, 0.05) is 16.0 Å². The van der Waals surface area contributed by atoms with Crippen LogP contribution in [0.25, 0.3) is 0 Å². The first kappa shape index (κ1) is 16.5. The van der Waals surface area contributed by atoms with Crippen molar-refractivity contribution >= 4 is 40.8 Å². The first-order chi connectivity index (χ1) is 10.7. The number of ketones is 1. The van der Waals surface area contributed by atoms with E-state index in [1.807, 2.05) is 11.4 Å². The number of hydrogen-bond acceptors (Lipinski definition) is 6. The second kappa shape index (κ2) is 5.61. The number of β-lactam (4-membered cyclic amide) rings is 1. The first-order valence-electron chi connectivity index (χ1n) is 7.20. The summed E-state index contributed by atoms with van der Waals surface area (Å²) in [6, 6.07) is 2.70.